The number of aromatic amines is 2. The Bertz CT molecular complexity index is 1070. The fraction of sp³-hybridized carbons (Fsp3) is 0.318. The molecule has 1 saturated heterocycles. The van der Waals surface area contributed by atoms with E-state index in [0.29, 0.717) is 5.92 Å². The summed E-state index contributed by atoms with van der Waals surface area (Å²) in [7, 11) is 0. The van der Waals surface area contributed by atoms with Crippen LogP contribution in [0.2, 0.25) is 0 Å². The molecule has 6 heteroatoms. The summed E-state index contributed by atoms with van der Waals surface area (Å²) in [5.74, 6) is 2.10. The Morgan fingerprint density at radius 1 is 1.11 bits per heavy atom. The number of hydrogen-bond acceptors (Lipinski definition) is 4. The smallest absolute Gasteiger partial charge is 0.156 e. The van der Waals surface area contributed by atoms with Crippen molar-refractivity contribution in [2.24, 2.45) is 0 Å². The van der Waals surface area contributed by atoms with E-state index in [4.69, 9.17) is 4.98 Å². The minimum absolute atomic E-state index is 0.481. The number of benzene rings is 1. The lowest BCUT2D eigenvalue weighted by Gasteiger charge is -2.31. The molecule has 0 aliphatic carbocycles. The summed E-state index contributed by atoms with van der Waals surface area (Å²) in [6.07, 6.45) is 7.98. The average Bonchev–Trinajstić information content (AvgIpc) is 3.39. The zero-order chi connectivity index (χ0) is 18.9. The number of nitrogens with zero attached hydrogens (tertiary/aromatic N) is 4. The molecule has 0 unspecified atom stereocenters. The number of fused-ring (bicyclic) bond motifs is 1. The summed E-state index contributed by atoms with van der Waals surface area (Å²) in [6.45, 7) is 5.13. The van der Waals surface area contributed by atoms with Gasteiger partial charge in [0, 0.05) is 47.7 Å². The molecule has 3 aromatic heterocycles. The molecule has 1 aromatic carbocycles. The highest BCUT2D eigenvalue weighted by Gasteiger charge is 2.23. The topological polar surface area (TPSA) is 73.5 Å². The first-order chi connectivity index (χ1) is 13.8. The second-order valence-corrected chi connectivity index (χ2v) is 7.57. The van der Waals surface area contributed by atoms with E-state index >= 15 is 0 Å². The van der Waals surface area contributed by atoms with E-state index < -0.39 is 0 Å². The van der Waals surface area contributed by atoms with Gasteiger partial charge in [0.25, 0.3) is 0 Å². The summed E-state index contributed by atoms with van der Waals surface area (Å²) in [4.78, 5) is 22.7. The summed E-state index contributed by atoms with van der Waals surface area (Å²) in [5.41, 5.74) is 4.63. The van der Waals surface area contributed by atoms with Crippen LogP contribution in [0.4, 0.5) is 0 Å². The number of rotatable bonds is 4. The van der Waals surface area contributed by atoms with Crippen LogP contribution in [0.25, 0.3) is 22.4 Å². The van der Waals surface area contributed by atoms with Gasteiger partial charge in [0.2, 0.25) is 0 Å². The number of piperidine rings is 1. The lowest BCUT2D eigenvalue weighted by atomic mass is 9.92. The summed E-state index contributed by atoms with van der Waals surface area (Å²) in [5, 5.41) is 1.33. The highest BCUT2D eigenvalue weighted by Crippen LogP contribution is 2.30. The molecule has 1 fully saturated rings. The number of hydrogen-bond donors (Lipinski definition) is 2. The maximum absolute atomic E-state index is 4.73. The van der Waals surface area contributed by atoms with Crippen molar-refractivity contribution in [2.75, 3.05) is 13.1 Å². The van der Waals surface area contributed by atoms with E-state index in [9.17, 15) is 0 Å². The Balaban J connectivity index is 1.28. The molecule has 0 amide bonds. The Kier molecular flexibility index (Phi) is 4.41. The predicted octanol–water partition coefficient (Wildman–Crippen LogP) is 4.04. The molecule has 5 rings (SSSR count). The van der Waals surface area contributed by atoms with Crippen molar-refractivity contribution < 1.29 is 0 Å². The van der Waals surface area contributed by atoms with Crippen LogP contribution in [0.1, 0.15) is 35.8 Å². The van der Waals surface area contributed by atoms with Crippen molar-refractivity contribution in [3.8, 4) is 11.5 Å². The van der Waals surface area contributed by atoms with E-state index in [2.05, 4.69) is 61.4 Å². The van der Waals surface area contributed by atoms with Crippen LogP contribution in [0, 0.1) is 6.92 Å². The van der Waals surface area contributed by atoms with E-state index in [-0.39, 0.29) is 0 Å². The third kappa shape index (κ3) is 3.31. The minimum atomic E-state index is 0.481. The molecule has 0 atom stereocenters. The Hall–Kier alpha value is -2.99. The average molecular weight is 372 g/mol. The molecule has 2 N–H and O–H groups in total. The van der Waals surface area contributed by atoms with Crippen LogP contribution in [0.5, 0.6) is 0 Å². The molecule has 4 heterocycles. The van der Waals surface area contributed by atoms with Gasteiger partial charge in [-0.3, -0.25) is 4.90 Å². The Morgan fingerprint density at radius 3 is 2.79 bits per heavy atom. The monoisotopic (exact) mass is 372 g/mol. The number of imidazole rings is 1. The third-order valence-corrected chi connectivity index (χ3v) is 5.67. The first kappa shape index (κ1) is 17.1. The predicted molar refractivity (Wildman–Crippen MR) is 110 cm³/mol. The van der Waals surface area contributed by atoms with Gasteiger partial charge in [-0.15, -0.1) is 0 Å². The van der Waals surface area contributed by atoms with Crippen LogP contribution in [-0.4, -0.2) is 42.9 Å². The zero-order valence-electron chi connectivity index (χ0n) is 16.0. The molecule has 6 nitrogen and oxygen atoms in total. The first-order valence-electron chi connectivity index (χ1n) is 9.89. The lowest BCUT2D eigenvalue weighted by molar-refractivity contribution is 0.204. The number of aromatic nitrogens is 5. The molecule has 1 aliphatic heterocycles. The summed E-state index contributed by atoms with van der Waals surface area (Å²) < 4.78 is 0. The van der Waals surface area contributed by atoms with Gasteiger partial charge in [0.1, 0.15) is 11.5 Å². The van der Waals surface area contributed by atoms with Crippen LogP contribution in [0.3, 0.4) is 0 Å². The Labute approximate surface area is 164 Å². The maximum atomic E-state index is 4.73. The van der Waals surface area contributed by atoms with Crippen LogP contribution in [-0.2, 0) is 6.54 Å². The van der Waals surface area contributed by atoms with E-state index in [1.54, 1.807) is 6.20 Å². The minimum Gasteiger partial charge on any atom is -0.361 e. The fourth-order valence-corrected chi connectivity index (χ4v) is 4.22. The largest absolute Gasteiger partial charge is 0.361 e. The molecule has 4 aromatic rings. The van der Waals surface area contributed by atoms with Gasteiger partial charge >= 0.3 is 0 Å². The van der Waals surface area contributed by atoms with E-state index in [1.165, 1.54) is 16.5 Å². The summed E-state index contributed by atoms with van der Waals surface area (Å²) >= 11 is 0. The van der Waals surface area contributed by atoms with Crippen molar-refractivity contribution in [2.45, 2.75) is 32.2 Å². The first-order valence-corrected chi connectivity index (χ1v) is 9.89. The fourth-order valence-electron chi connectivity index (χ4n) is 4.22. The molecular weight excluding hydrogens is 348 g/mol. The molecule has 142 valence electrons. The van der Waals surface area contributed by atoms with Crippen LogP contribution >= 0.6 is 0 Å². The Morgan fingerprint density at radius 2 is 1.96 bits per heavy atom. The van der Waals surface area contributed by atoms with Crippen molar-refractivity contribution in [3.05, 3.63) is 66.0 Å². The molecule has 0 spiro atoms. The van der Waals surface area contributed by atoms with Crippen LogP contribution < -0.4 is 0 Å². The SMILES string of the molecule is Cc1nc(-c2ncc[nH]2)cc(C2CCN(Cc3c[nH]c4ccccc34)CC2)n1. The third-order valence-electron chi connectivity index (χ3n) is 5.67. The zero-order valence-corrected chi connectivity index (χ0v) is 16.0. The summed E-state index contributed by atoms with van der Waals surface area (Å²) in [6, 6.07) is 10.6. The number of H-pyrrole nitrogens is 2. The normalized spacial score (nSPS) is 16.0. The number of nitrogens with one attached hydrogen (secondary N) is 2. The van der Waals surface area contributed by atoms with Crippen molar-refractivity contribution >= 4 is 10.9 Å². The number of para-hydroxylation sites is 1. The molecular formula is C22H24N6. The van der Waals surface area contributed by atoms with Crippen molar-refractivity contribution in [1.29, 1.82) is 0 Å². The van der Waals surface area contributed by atoms with E-state index in [0.717, 1.165) is 55.5 Å². The van der Waals surface area contributed by atoms with Crippen molar-refractivity contribution in [1.82, 2.24) is 29.8 Å². The van der Waals surface area contributed by atoms with Gasteiger partial charge in [-0.25, -0.2) is 15.0 Å². The van der Waals surface area contributed by atoms with Gasteiger partial charge < -0.3 is 9.97 Å². The molecule has 0 bridgehead atoms. The molecule has 1 aliphatic rings. The maximum Gasteiger partial charge on any atom is 0.156 e. The second kappa shape index (κ2) is 7.20. The highest BCUT2D eigenvalue weighted by atomic mass is 15.1. The molecule has 28 heavy (non-hydrogen) atoms. The lowest BCUT2D eigenvalue weighted by Crippen LogP contribution is -2.32. The van der Waals surface area contributed by atoms with Crippen LogP contribution in [0.15, 0.2) is 48.9 Å². The van der Waals surface area contributed by atoms with Gasteiger partial charge in [0.05, 0.1) is 0 Å². The van der Waals surface area contributed by atoms with E-state index in [1.807, 2.05) is 13.1 Å². The standard InChI is InChI=1S/C22H24N6/c1-15-26-20(12-21(27-15)22-23-8-9-24-22)16-6-10-28(11-7-16)14-17-13-25-19-5-3-2-4-18(17)19/h2-5,8-9,12-13,16,25H,6-7,10-11,14H2,1H3,(H,23,24). The molecule has 0 radical (unpaired) electrons. The number of likely N-dealkylation sites (tertiary alicyclic amines) is 1. The van der Waals surface area contributed by atoms with Gasteiger partial charge in [-0.2, -0.15) is 0 Å². The second-order valence-electron chi connectivity index (χ2n) is 7.57. The van der Waals surface area contributed by atoms with Gasteiger partial charge in [-0.1, -0.05) is 18.2 Å². The van der Waals surface area contributed by atoms with Gasteiger partial charge in [-0.05, 0) is 50.6 Å². The van der Waals surface area contributed by atoms with Crippen molar-refractivity contribution in [3.63, 3.8) is 0 Å². The molecule has 0 saturated carbocycles. The van der Waals surface area contributed by atoms with Gasteiger partial charge in [0.15, 0.2) is 5.82 Å². The highest BCUT2D eigenvalue weighted by molar-refractivity contribution is 5.82. The quantitative estimate of drug-likeness (QED) is 0.567. The number of aryl methyl sites for hydroxylation is 1.